The number of benzene rings is 2. The molecule has 170 valence electrons. The maximum Gasteiger partial charge on any atom is 0.338 e. The average molecular weight is 459 g/mol. The molecule has 0 N–H and O–H groups in total. The highest BCUT2D eigenvalue weighted by Gasteiger charge is 2.29. The number of hydrogen-bond acceptors (Lipinski definition) is 6. The summed E-state index contributed by atoms with van der Waals surface area (Å²) in [5.74, 6) is -0.919. The fourth-order valence-corrected chi connectivity index (χ4v) is 5.33. The van der Waals surface area contributed by atoms with Crippen molar-refractivity contribution < 1.29 is 27.5 Å². The Balaban J connectivity index is 1.38. The molecule has 2 aliphatic rings. The van der Waals surface area contributed by atoms with Gasteiger partial charge in [-0.15, -0.1) is 0 Å². The lowest BCUT2D eigenvalue weighted by Crippen LogP contribution is -2.42. The lowest BCUT2D eigenvalue weighted by Gasteiger charge is -2.30. The van der Waals surface area contributed by atoms with Crippen molar-refractivity contribution >= 4 is 21.9 Å². The zero-order chi connectivity index (χ0) is 22.7. The number of carbonyl (C=O) groups is 2. The molecule has 1 unspecified atom stereocenters. The first-order valence-electron chi connectivity index (χ1n) is 10.6. The van der Waals surface area contributed by atoms with E-state index < -0.39 is 22.1 Å². The van der Waals surface area contributed by atoms with Gasteiger partial charge in [-0.1, -0.05) is 24.3 Å². The van der Waals surface area contributed by atoms with Crippen molar-refractivity contribution in [2.45, 2.75) is 30.9 Å². The number of rotatable bonds is 5. The molecule has 0 radical (unpaired) electrons. The SMILES string of the molecule is CC(OC(=O)c1ccc(S(=O)(=O)N2CCOCC2)cc1)C(=O)N1CCc2ccccc2C1. The predicted octanol–water partition coefficient (Wildman–Crippen LogP) is 1.84. The number of ether oxygens (including phenoxy) is 2. The van der Waals surface area contributed by atoms with E-state index in [1.165, 1.54) is 34.1 Å². The van der Waals surface area contributed by atoms with Gasteiger partial charge in [-0.3, -0.25) is 4.79 Å². The van der Waals surface area contributed by atoms with Crippen LogP contribution in [-0.4, -0.2) is 68.5 Å². The van der Waals surface area contributed by atoms with Crippen LogP contribution >= 0.6 is 0 Å². The third-order valence-corrected chi connectivity index (χ3v) is 7.68. The van der Waals surface area contributed by atoms with Gasteiger partial charge in [0.25, 0.3) is 5.91 Å². The van der Waals surface area contributed by atoms with Crippen LogP contribution in [0, 0.1) is 0 Å². The third-order valence-electron chi connectivity index (χ3n) is 5.77. The molecule has 0 saturated carbocycles. The molecule has 9 heteroatoms. The third kappa shape index (κ3) is 4.69. The van der Waals surface area contributed by atoms with Crippen LogP contribution in [0.4, 0.5) is 0 Å². The van der Waals surface area contributed by atoms with Crippen LogP contribution in [-0.2, 0) is 37.3 Å². The van der Waals surface area contributed by atoms with E-state index in [9.17, 15) is 18.0 Å². The number of sulfonamides is 1. The van der Waals surface area contributed by atoms with Crippen molar-refractivity contribution in [3.63, 3.8) is 0 Å². The molecule has 1 amide bonds. The van der Waals surface area contributed by atoms with Crippen LogP contribution in [0.2, 0.25) is 0 Å². The Morgan fingerprint density at radius 3 is 2.31 bits per heavy atom. The monoisotopic (exact) mass is 458 g/mol. The topological polar surface area (TPSA) is 93.2 Å². The second-order valence-corrected chi connectivity index (χ2v) is 9.80. The van der Waals surface area contributed by atoms with Gasteiger partial charge < -0.3 is 14.4 Å². The van der Waals surface area contributed by atoms with Gasteiger partial charge in [-0.2, -0.15) is 4.31 Å². The zero-order valence-corrected chi connectivity index (χ0v) is 18.7. The van der Waals surface area contributed by atoms with Crippen LogP contribution in [0.5, 0.6) is 0 Å². The number of hydrogen-bond donors (Lipinski definition) is 0. The average Bonchev–Trinajstić information content (AvgIpc) is 2.83. The number of morpholine rings is 1. The van der Waals surface area contributed by atoms with Crippen molar-refractivity contribution in [3.05, 3.63) is 65.2 Å². The first-order chi connectivity index (χ1) is 15.4. The molecule has 2 aromatic carbocycles. The van der Waals surface area contributed by atoms with Gasteiger partial charge in [0.05, 0.1) is 23.7 Å². The van der Waals surface area contributed by atoms with E-state index in [0.717, 1.165) is 12.0 Å². The van der Waals surface area contributed by atoms with E-state index in [1.807, 2.05) is 18.2 Å². The van der Waals surface area contributed by atoms with Gasteiger partial charge >= 0.3 is 5.97 Å². The van der Waals surface area contributed by atoms with Crippen molar-refractivity contribution in [2.24, 2.45) is 0 Å². The summed E-state index contributed by atoms with van der Waals surface area (Å²) in [5.41, 5.74) is 2.52. The van der Waals surface area contributed by atoms with Crippen molar-refractivity contribution in [3.8, 4) is 0 Å². The molecule has 0 bridgehead atoms. The second kappa shape index (κ2) is 9.40. The van der Waals surface area contributed by atoms with Gasteiger partial charge in [-0.05, 0) is 48.7 Å². The summed E-state index contributed by atoms with van der Waals surface area (Å²) < 4.78 is 37.3. The van der Waals surface area contributed by atoms with Gasteiger partial charge in [0.2, 0.25) is 10.0 Å². The molecular formula is C23H26N2O6S. The maximum atomic E-state index is 12.8. The van der Waals surface area contributed by atoms with Crippen molar-refractivity contribution in [1.82, 2.24) is 9.21 Å². The van der Waals surface area contributed by atoms with Crippen LogP contribution in [0.1, 0.15) is 28.4 Å². The summed E-state index contributed by atoms with van der Waals surface area (Å²) in [5, 5.41) is 0. The minimum Gasteiger partial charge on any atom is -0.449 e. The first-order valence-corrected chi connectivity index (χ1v) is 12.0. The van der Waals surface area contributed by atoms with Crippen LogP contribution < -0.4 is 0 Å². The second-order valence-electron chi connectivity index (χ2n) is 7.87. The molecule has 32 heavy (non-hydrogen) atoms. The predicted molar refractivity (Wildman–Crippen MR) is 116 cm³/mol. The van der Waals surface area contributed by atoms with E-state index in [-0.39, 0.29) is 16.4 Å². The summed E-state index contributed by atoms with van der Waals surface area (Å²) >= 11 is 0. The Morgan fingerprint density at radius 2 is 1.62 bits per heavy atom. The number of amides is 1. The quantitative estimate of drug-likeness (QED) is 0.635. The maximum absolute atomic E-state index is 12.8. The summed E-state index contributed by atoms with van der Waals surface area (Å²) in [4.78, 5) is 27.1. The smallest absolute Gasteiger partial charge is 0.338 e. The Hall–Kier alpha value is -2.75. The molecule has 0 spiro atoms. The van der Waals surface area contributed by atoms with Gasteiger partial charge in [0, 0.05) is 26.2 Å². The molecular weight excluding hydrogens is 432 g/mol. The van der Waals surface area contributed by atoms with E-state index in [4.69, 9.17) is 9.47 Å². The molecule has 1 atom stereocenters. The Morgan fingerprint density at radius 1 is 0.969 bits per heavy atom. The standard InChI is InChI=1S/C23H26N2O6S/c1-17(22(26)24-11-10-18-4-2-3-5-20(18)16-24)31-23(27)19-6-8-21(9-7-19)32(28,29)25-12-14-30-15-13-25/h2-9,17H,10-16H2,1H3. The largest absolute Gasteiger partial charge is 0.449 e. The van der Waals surface area contributed by atoms with E-state index in [0.29, 0.717) is 39.4 Å². The fraction of sp³-hybridized carbons (Fsp3) is 0.391. The van der Waals surface area contributed by atoms with Gasteiger partial charge in [-0.25, -0.2) is 13.2 Å². The van der Waals surface area contributed by atoms with Gasteiger partial charge in [0.1, 0.15) is 0 Å². The van der Waals surface area contributed by atoms with Crippen LogP contribution in [0.15, 0.2) is 53.4 Å². The highest BCUT2D eigenvalue weighted by molar-refractivity contribution is 7.89. The lowest BCUT2D eigenvalue weighted by atomic mass is 9.99. The molecule has 1 saturated heterocycles. The van der Waals surface area contributed by atoms with Gasteiger partial charge in [0.15, 0.2) is 6.10 Å². The molecule has 1 fully saturated rings. The highest BCUT2D eigenvalue weighted by atomic mass is 32.2. The van der Waals surface area contributed by atoms with E-state index in [1.54, 1.807) is 11.8 Å². The molecule has 2 aromatic rings. The van der Waals surface area contributed by atoms with Crippen molar-refractivity contribution in [1.29, 1.82) is 0 Å². The summed E-state index contributed by atoms with van der Waals surface area (Å²) in [6.45, 7) is 3.94. The molecule has 4 rings (SSSR count). The Bertz CT molecular complexity index is 1090. The minimum absolute atomic E-state index is 0.104. The number of carbonyl (C=O) groups excluding carboxylic acids is 2. The summed E-state index contributed by atoms with van der Waals surface area (Å²) in [7, 11) is -3.64. The van der Waals surface area contributed by atoms with E-state index in [2.05, 4.69) is 6.07 Å². The summed E-state index contributed by atoms with van der Waals surface area (Å²) in [6.07, 6.45) is -0.175. The first kappa shape index (κ1) is 22.4. The molecule has 0 aliphatic carbocycles. The van der Waals surface area contributed by atoms with Crippen LogP contribution in [0.3, 0.4) is 0 Å². The molecule has 2 aliphatic heterocycles. The molecule has 2 heterocycles. The fourth-order valence-electron chi connectivity index (χ4n) is 3.92. The Labute approximate surface area is 187 Å². The normalized spacial score (nSPS) is 18.0. The lowest BCUT2D eigenvalue weighted by molar-refractivity contribution is -0.140. The van der Waals surface area contributed by atoms with Crippen LogP contribution in [0.25, 0.3) is 0 Å². The minimum atomic E-state index is -3.64. The highest BCUT2D eigenvalue weighted by Crippen LogP contribution is 2.21. The Kier molecular flexibility index (Phi) is 6.59. The number of nitrogens with zero attached hydrogens (tertiary/aromatic N) is 2. The number of fused-ring (bicyclic) bond motifs is 1. The molecule has 8 nitrogen and oxygen atoms in total. The zero-order valence-electron chi connectivity index (χ0n) is 17.9. The van der Waals surface area contributed by atoms with E-state index >= 15 is 0 Å². The molecule has 0 aromatic heterocycles. The number of esters is 1. The van der Waals surface area contributed by atoms with Crippen molar-refractivity contribution in [2.75, 3.05) is 32.8 Å². The summed E-state index contributed by atoms with van der Waals surface area (Å²) in [6, 6.07) is 13.6.